The van der Waals surface area contributed by atoms with Crippen LogP contribution in [0.1, 0.15) is 16.1 Å². The van der Waals surface area contributed by atoms with Gasteiger partial charge in [-0.05, 0) is 42.5 Å². The summed E-state index contributed by atoms with van der Waals surface area (Å²) in [4.78, 5) is 23.8. The van der Waals surface area contributed by atoms with Gasteiger partial charge in [-0.25, -0.2) is 4.68 Å². The van der Waals surface area contributed by atoms with E-state index in [0.29, 0.717) is 22.7 Å². The van der Waals surface area contributed by atoms with Crippen molar-refractivity contribution in [2.24, 2.45) is 0 Å². The molecular weight excluding hydrogens is 332 g/mol. The topological polar surface area (TPSA) is 86.1 Å². The zero-order chi connectivity index (χ0) is 17.9. The molecule has 128 valence electrons. The van der Waals surface area contributed by atoms with Crippen molar-refractivity contribution in [3.8, 4) is 11.4 Å². The third kappa shape index (κ3) is 3.23. The van der Waals surface area contributed by atoms with E-state index in [1.54, 1.807) is 35.2 Å². The number of hydrogen-bond acceptors (Lipinski definition) is 5. The van der Waals surface area contributed by atoms with Gasteiger partial charge in [0.15, 0.2) is 12.4 Å². The number of ether oxygens (including phenoxy) is 1. The highest BCUT2D eigenvalue weighted by molar-refractivity contribution is 6.08. The fraction of sp³-hybridized carbons (Fsp3) is 0.0526. The highest BCUT2D eigenvalue weighted by Gasteiger charge is 2.17. The van der Waals surface area contributed by atoms with Gasteiger partial charge in [-0.2, -0.15) is 0 Å². The second-order valence-corrected chi connectivity index (χ2v) is 5.67. The molecule has 1 N–H and O–H groups in total. The molecular formula is C19H14N4O3. The first-order chi connectivity index (χ1) is 12.7. The summed E-state index contributed by atoms with van der Waals surface area (Å²) in [7, 11) is 0. The summed E-state index contributed by atoms with van der Waals surface area (Å²) in [5.41, 5.74) is 2.39. The zero-order valence-electron chi connectivity index (χ0n) is 13.6. The number of anilines is 1. The number of nitrogens with zero attached hydrogens (tertiary/aromatic N) is 3. The Morgan fingerprint density at radius 2 is 2.04 bits per heavy atom. The summed E-state index contributed by atoms with van der Waals surface area (Å²) in [6.45, 7) is -0.0166. The zero-order valence-corrected chi connectivity index (χ0v) is 13.6. The summed E-state index contributed by atoms with van der Waals surface area (Å²) in [6.07, 6.45) is 4.76. The molecule has 4 rings (SSSR count). The Kier molecular flexibility index (Phi) is 4.03. The minimum atomic E-state index is -0.241. The number of carbonyl (C=O) groups excluding carboxylic acids is 2. The minimum Gasteiger partial charge on any atom is -0.482 e. The molecule has 0 aliphatic carbocycles. The Balaban J connectivity index is 1.51. The summed E-state index contributed by atoms with van der Waals surface area (Å²) in [5, 5.41) is 10.8. The molecule has 0 bridgehead atoms. The lowest BCUT2D eigenvalue weighted by Crippen LogP contribution is -2.25. The highest BCUT2D eigenvalue weighted by atomic mass is 16.5. The van der Waals surface area contributed by atoms with Crippen LogP contribution in [0.25, 0.3) is 11.8 Å². The highest BCUT2D eigenvalue weighted by Crippen LogP contribution is 2.28. The van der Waals surface area contributed by atoms with Crippen LogP contribution < -0.4 is 10.1 Å². The van der Waals surface area contributed by atoms with Gasteiger partial charge in [0.2, 0.25) is 0 Å². The van der Waals surface area contributed by atoms with Crippen molar-refractivity contribution in [3.05, 3.63) is 72.1 Å². The number of amides is 1. The van der Waals surface area contributed by atoms with Gasteiger partial charge in [-0.1, -0.05) is 23.4 Å². The Bertz CT molecular complexity index is 1010. The van der Waals surface area contributed by atoms with E-state index in [1.807, 2.05) is 30.3 Å². The van der Waals surface area contributed by atoms with Crippen LogP contribution in [0.5, 0.6) is 5.75 Å². The van der Waals surface area contributed by atoms with Gasteiger partial charge < -0.3 is 10.1 Å². The molecule has 2 aromatic carbocycles. The molecule has 3 aromatic rings. The molecule has 0 radical (unpaired) electrons. The van der Waals surface area contributed by atoms with Gasteiger partial charge >= 0.3 is 0 Å². The van der Waals surface area contributed by atoms with Gasteiger partial charge in [0, 0.05) is 5.56 Å². The third-order valence-electron chi connectivity index (χ3n) is 3.83. The molecule has 2 heterocycles. The summed E-state index contributed by atoms with van der Waals surface area (Å²) in [6, 6.07) is 14.5. The number of allylic oxidation sites excluding steroid dienone is 1. The molecule has 7 nitrogen and oxygen atoms in total. The predicted molar refractivity (Wildman–Crippen MR) is 95.3 cm³/mol. The number of carbonyl (C=O) groups is 2. The van der Waals surface area contributed by atoms with Crippen LogP contribution in [0.15, 0.2) is 60.8 Å². The smallest absolute Gasteiger partial charge is 0.262 e. The van der Waals surface area contributed by atoms with E-state index >= 15 is 0 Å². The van der Waals surface area contributed by atoms with Gasteiger partial charge in [-0.15, -0.1) is 5.10 Å². The molecule has 7 heteroatoms. The second-order valence-electron chi connectivity index (χ2n) is 5.67. The maximum Gasteiger partial charge on any atom is 0.262 e. The molecule has 0 unspecified atom stereocenters. The van der Waals surface area contributed by atoms with Gasteiger partial charge in [0.05, 0.1) is 17.6 Å². The van der Waals surface area contributed by atoms with Crippen molar-refractivity contribution >= 4 is 23.5 Å². The van der Waals surface area contributed by atoms with Crippen molar-refractivity contribution in [1.82, 2.24) is 15.0 Å². The largest absolute Gasteiger partial charge is 0.482 e. The molecule has 0 atom stereocenters. The number of benzene rings is 2. The number of para-hydroxylation sites is 1. The number of nitrogens with one attached hydrogen (secondary N) is 1. The average Bonchev–Trinajstić information content (AvgIpc) is 3.15. The van der Waals surface area contributed by atoms with Crippen molar-refractivity contribution < 1.29 is 14.3 Å². The fourth-order valence-electron chi connectivity index (χ4n) is 2.55. The SMILES string of the molecule is O=C1COc2ccc(C(=O)/C=C/c3cn(-c4ccccc4)nn3)cc2N1. The lowest BCUT2D eigenvalue weighted by molar-refractivity contribution is -0.118. The van der Waals surface area contributed by atoms with E-state index in [0.717, 1.165) is 5.69 Å². The van der Waals surface area contributed by atoms with Crippen LogP contribution in [0.2, 0.25) is 0 Å². The van der Waals surface area contributed by atoms with Crippen LogP contribution >= 0.6 is 0 Å². The van der Waals surface area contributed by atoms with Crippen molar-refractivity contribution in [2.75, 3.05) is 11.9 Å². The van der Waals surface area contributed by atoms with Crippen LogP contribution in [0.3, 0.4) is 0 Å². The molecule has 1 aliphatic rings. The Hall–Kier alpha value is -3.74. The van der Waals surface area contributed by atoms with E-state index in [-0.39, 0.29) is 18.3 Å². The van der Waals surface area contributed by atoms with Gasteiger partial charge in [0.1, 0.15) is 11.4 Å². The molecule has 0 saturated carbocycles. The van der Waals surface area contributed by atoms with E-state index < -0.39 is 0 Å². The number of aromatic nitrogens is 3. The summed E-state index contributed by atoms with van der Waals surface area (Å²) >= 11 is 0. The lowest BCUT2D eigenvalue weighted by atomic mass is 10.1. The number of fused-ring (bicyclic) bond motifs is 1. The number of rotatable bonds is 4. The van der Waals surface area contributed by atoms with Gasteiger partial charge in [-0.3, -0.25) is 9.59 Å². The van der Waals surface area contributed by atoms with Crippen molar-refractivity contribution in [3.63, 3.8) is 0 Å². The first-order valence-corrected chi connectivity index (χ1v) is 7.96. The monoisotopic (exact) mass is 346 g/mol. The molecule has 0 spiro atoms. The molecule has 1 aromatic heterocycles. The van der Waals surface area contributed by atoms with E-state index in [2.05, 4.69) is 15.6 Å². The molecule has 1 amide bonds. The van der Waals surface area contributed by atoms with Gasteiger partial charge in [0.25, 0.3) is 5.91 Å². The number of ketones is 1. The quantitative estimate of drug-likeness (QED) is 0.579. The first kappa shape index (κ1) is 15.8. The van der Waals surface area contributed by atoms with Crippen LogP contribution in [-0.4, -0.2) is 33.3 Å². The van der Waals surface area contributed by atoms with E-state index in [1.165, 1.54) is 6.08 Å². The fourth-order valence-corrected chi connectivity index (χ4v) is 2.55. The van der Waals surface area contributed by atoms with E-state index in [4.69, 9.17) is 4.74 Å². The lowest BCUT2D eigenvalue weighted by Gasteiger charge is -2.17. The summed E-state index contributed by atoms with van der Waals surface area (Å²) in [5.74, 6) is 0.105. The molecule has 1 aliphatic heterocycles. The van der Waals surface area contributed by atoms with E-state index in [9.17, 15) is 9.59 Å². The van der Waals surface area contributed by atoms with Crippen LogP contribution in [-0.2, 0) is 4.79 Å². The predicted octanol–water partition coefficient (Wildman–Crippen LogP) is 2.49. The molecule has 0 fully saturated rings. The minimum absolute atomic E-state index is 0.0166. The first-order valence-electron chi connectivity index (χ1n) is 7.96. The number of hydrogen-bond donors (Lipinski definition) is 1. The second kappa shape index (κ2) is 6.64. The molecule has 0 saturated heterocycles. The Morgan fingerprint density at radius 3 is 2.88 bits per heavy atom. The average molecular weight is 346 g/mol. The third-order valence-corrected chi connectivity index (χ3v) is 3.83. The van der Waals surface area contributed by atoms with Crippen LogP contribution in [0, 0.1) is 0 Å². The van der Waals surface area contributed by atoms with Crippen molar-refractivity contribution in [2.45, 2.75) is 0 Å². The Morgan fingerprint density at radius 1 is 1.19 bits per heavy atom. The molecule has 26 heavy (non-hydrogen) atoms. The maximum absolute atomic E-state index is 12.4. The Labute approximate surface area is 148 Å². The maximum atomic E-state index is 12.4. The van der Waals surface area contributed by atoms with Crippen molar-refractivity contribution in [1.29, 1.82) is 0 Å². The standard InChI is InChI=1S/C19H14N4O3/c24-17(13-6-9-18-16(10-13)20-19(25)12-26-18)8-7-14-11-23(22-21-14)15-4-2-1-3-5-15/h1-11H,12H2,(H,20,25)/b8-7+. The van der Waals surface area contributed by atoms with Crippen LogP contribution in [0.4, 0.5) is 5.69 Å². The normalized spacial score (nSPS) is 13.2. The summed E-state index contributed by atoms with van der Waals surface area (Å²) < 4.78 is 6.92.